The van der Waals surface area contributed by atoms with Gasteiger partial charge in [0.1, 0.15) is 0 Å². The van der Waals surface area contributed by atoms with Crippen molar-refractivity contribution < 1.29 is 0 Å². The minimum Gasteiger partial charge on any atom is -0.330 e. The van der Waals surface area contributed by atoms with E-state index >= 15 is 0 Å². The molecule has 0 saturated heterocycles. The maximum atomic E-state index is 5.47. The van der Waals surface area contributed by atoms with E-state index in [1.807, 2.05) is 0 Å². The SMILES string of the molecule is CCC(C)(C)/C=C\C(C)CCN. The molecular weight excluding hydrogens is 146 g/mol. The fourth-order valence-electron chi connectivity index (χ4n) is 0.902. The highest BCUT2D eigenvalue weighted by atomic mass is 14.5. The van der Waals surface area contributed by atoms with Gasteiger partial charge < -0.3 is 5.73 Å². The van der Waals surface area contributed by atoms with Crippen molar-refractivity contribution in [2.45, 2.75) is 40.5 Å². The molecule has 72 valence electrons. The van der Waals surface area contributed by atoms with Gasteiger partial charge in [0.25, 0.3) is 0 Å². The first-order valence-electron chi connectivity index (χ1n) is 4.91. The molecule has 0 bridgehead atoms. The zero-order valence-electron chi connectivity index (χ0n) is 8.93. The van der Waals surface area contributed by atoms with Gasteiger partial charge in [-0.3, -0.25) is 0 Å². The lowest BCUT2D eigenvalue weighted by Gasteiger charge is -2.17. The molecule has 0 aliphatic rings. The molecule has 0 aliphatic carbocycles. The molecule has 1 atom stereocenters. The molecule has 1 unspecified atom stereocenters. The van der Waals surface area contributed by atoms with Crippen LogP contribution in [0.2, 0.25) is 0 Å². The van der Waals surface area contributed by atoms with Crippen molar-refractivity contribution in [3.05, 3.63) is 12.2 Å². The summed E-state index contributed by atoms with van der Waals surface area (Å²) < 4.78 is 0. The average molecular weight is 169 g/mol. The Bertz CT molecular complexity index is 136. The summed E-state index contributed by atoms with van der Waals surface area (Å²) in [4.78, 5) is 0. The Kier molecular flexibility index (Phi) is 5.23. The second kappa shape index (κ2) is 5.36. The highest BCUT2D eigenvalue weighted by molar-refractivity contribution is 4.96. The molecule has 0 aromatic heterocycles. The predicted octanol–water partition coefficient (Wildman–Crippen LogP) is 2.96. The summed E-state index contributed by atoms with van der Waals surface area (Å²) in [5.41, 5.74) is 5.82. The summed E-state index contributed by atoms with van der Waals surface area (Å²) in [5.74, 6) is 0.626. The number of rotatable bonds is 5. The van der Waals surface area contributed by atoms with E-state index in [1.54, 1.807) is 0 Å². The smallest absolute Gasteiger partial charge is 0.00718 e. The Balaban J connectivity index is 3.87. The molecule has 0 amide bonds. The fourth-order valence-corrected chi connectivity index (χ4v) is 0.902. The van der Waals surface area contributed by atoms with E-state index in [-0.39, 0.29) is 0 Å². The highest BCUT2D eigenvalue weighted by Gasteiger charge is 2.09. The minimum absolute atomic E-state index is 0.350. The van der Waals surface area contributed by atoms with Crippen LogP contribution in [0, 0.1) is 11.3 Å². The van der Waals surface area contributed by atoms with Gasteiger partial charge in [-0.2, -0.15) is 0 Å². The molecule has 0 radical (unpaired) electrons. The van der Waals surface area contributed by atoms with Crippen LogP contribution in [-0.2, 0) is 0 Å². The number of hydrogen-bond donors (Lipinski definition) is 1. The van der Waals surface area contributed by atoms with Gasteiger partial charge in [0.2, 0.25) is 0 Å². The third kappa shape index (κ3) is 5.36. The van der Waals surface area contributed by atoms with Gasteiger partial charge in [0.05, 0.1) is 0 Å². The van der Waals surface area contributed by atoms with E-state index in [0.29, 0.717) is 11.3 Å². The summed E-state index contributed by atoms with van der Waals surface area (Å²) >= 11 is 0. The normalized spacial score (nSPS) is 15.4. The summed E-state index contributed by atoms with van der Waals surface area (Å²) in [7, 11) is 0. The van der Waals surface area contributed by atoms with E-state index in [4.69, 9.17) is 5.73 Å². The van der Waals surface area contributed by atoms with Gasteiger partial charge >= 0.3 is 0 Å². The van der Waals surface area contributed by atoms with Crippen LogP contribution in [0.3, 0.4) is 0 Å². The second-order valence-electron chi connectivity index (χ2n) is 4.26. The van der Waals surface area contributed by atoms with Crippen LogP contribution in [0.25, 0.3) is 0 Å². The van der Waals surface area contributed by atoms with E-state index < -0.39 is 0 Å². The molecule has 1 heteroatoms. The molecule has 0 aromatic carbocycles. The molecule has 12 heavy (non-hydrogen) atoms. The van der Waals surface area contributed by atoms with Crippen LogP contribution in [0.15, 0.2) is 12.2 Å². The van der Waals surface area contributed by atoms with E-state index in [9.17, 15) is 0 Å². The van der Waals surface area contributed by atoms with Crippen molar-refractivity contribution in [3.8, 4) is 0 Å². The van der Waals surface area contributed by atoms with Crippen LogP contribution in [0.5, 0.6) is 0 Å². The molecule has 1 nitrogen and oxygen atoms in total. The Morgan fingerprint density at radius 3 is 2.42 bits per heavy atom. The summed E-state index contributed by atoms with van der Waals surface area (Å²) in [6.45, 7) is 9.75. The zero-order chi connectivity index (χ0) is 9.61. The van der Waals surface area contributed by atoms with Crippen molar-refractivity contribution >= 4 is 0 Å². The van der Waals surface area contributed by atoms with E-state index in [1.165, 1.54) is 6.42 Å². The monoisotopic (exact) mass is 169 g/mol. The highest BCUT2D eigenvalue weighted by Crippen LogP contribution is 2.22. The molecule has 0 heterocycles. The van der Waals surface area contributed by atoms with Crippen LogP contribution >= 0.6 is 0 Å². The molecule has 0 spiro atoms. The topological polar surface area (TPSA) is 26.0 Å². The van der Waals surface area contributed by atoms with Crippen LogP contribution in [-0.4, -0.2) is 6.54 Å². The van der Waals surface area contributed by atoms with Gasteiger partial charge in [-0.15, -0.1) is 0 Å². The number of nitrogens with two attached hydrogens (primary N) is 1. The van der Waals surface area contributed by atoms with Gasteiger partial charge in [0.15, 0.2) is 0 Å². The molecular formula is C11H23N. The Hall–Kier alpha value is -0.300. The number of allylic oxidation sites excluding steroid dienone is 2. The van der Waals surface area contributed by atoms with Crippen molar-refractivity contribution in [1.82, 2.24) is 0 Å². The van der Waals surface area contributed by atoms with Crippen molar-refractivity contribution in [2.24, 2.45) is 17.1 Å². The van der Waals surface area contributed by atoms with Crippen LogP contribution in [0.1, 0.15) is 40.5 Å². The van der Waals surface area contributed by atoms with Gasteiger partial charge in [-0.25, -0.2) is 0 Å². The molecule has 0 rings (SSSR count). The van der Waals surface area contributed by atoms with Crippen molar-refractivity contribution in [3.63, 3.8) is 0 Å². The van der Waals surface area contributed by atoms with Crippen LogP contribution in [0.4, 0.5) is 0 Å². The van der Waals surface area contributed by atoms with Gasteiger partial charge in [-0.05, 0) is 30.7 Å². The molecule has 0 aromatic rings. The zero-order valence-corrected chi connectivity index (χ0v) is 8.93. The second-order valence-corrected chi connectivity index (χ2v) is 4.26. The predicted molar refractivity (Wildman–Crippen MR) is 56.0 cm³/mol. The first kappa shape index (κ1) is 11.7. The third-order valence-electron chi connectivity index (χ3n) is 2.41. The quantitative estimate of drug-likeness (QED) is 0.629. The summed E-state index contributed by atoms with van der Waals surface area (Å²) in [6.07, 6.45) is 6.89. The largest absolute Gasteiger partial charge is 0.330 e. The maximum Gasteiger partial charge on any atom is -0.00718 e. The lowest BCUT2D eigenvalue weighted by atomic mass is 9.88. The molecule has 0 saturated carbocycles. The van der Waals surface area contributed by atoms with E-state index in [0.717, 1.165) is 13.0 Å². The molecule has 2 N–H and O–H groups in total. The van der Waals surface area contributed by atoms with Crippen molar-refractivity contribution in [2.75, 3.05) is 6.54 Å². The Morgan fingerprint density at radius 1 is 1.42 bits per heavy atom. The first-order valence-corrected chi connectivity index (χ1v) is 4.91. The van der Waals surface area contributed by atoms with Gasteiger partial charge in [0, 0.05) is 0 Å². The lowest BCUT2D eigenvalue weighted by Crippen LogP contribution is -2.07. The third-order valence-corrected chi connectivity index (χ3v) is 2.41. The fraction of sp³-hybridized carbons (Fsp3) is 0.818. The maximum absolute atomic E-state index is 5.47. The number of hydrogen-bond acceptors (Lipinski definition) is 1. The van der Waals surface area contributed by atoms with Crippen molar-refractivity contribution in [1.29, 1.82) is 0 Å². The summed E-state index contributed by atoms with van der Waals surface area (Å²) in [5, 5.41) is 0. The van der Waals surface area contributed by atoms with Crippen LogP contribution < -0.4 is 5.73 Å². The standard InChI is InChI=1S/C11H23N/c1-5-11(3,4)8-6-10(2)7-9-12/h6,8,10H,5,7,9,12H2,1-4H3/b8-6-. The lowest BCUT2D eigenvalue weighted by molar-refractivity contribution is 0.457. The average Bonchev–Trinajstić information content (AvgIpc) is 2.02. The molecule has 0 aliphatic heterocycles. The van der Waals surface area contributed by atoms with Gasteiger partial charge in [-0.1, -0.05) is 39.8 Å². The summed E-state index contributed by atoms with van der Waals surface area (Å²) in [6, 6.07) is 0. The molecule has 0 fully saturated rings. The van der Waals surface area contributed by atoms with E-state index in [2.05, 4.69) is 39.8 Å². The Labute approximate surface area is 77.0 Å². The first-order chi connectivity index (χ1) is 5.52. The Morgan fingerprint density at radius 2 is 2.00 bits per heavy atom. The minimum atomic E-state index is 0.350.